The Hall–Kier alpha value is -0.900. The summed E-state index contributed by atoms with van der Waals surface area (Å²) in [5.41, 5.74) is 0. The Balaban J connectivity index is 1.48. The first-order valence-electron chi connectivity index (χ1n) is 6.50. The molecule has 4 nitrogen and oxygen atoms in total. The molecule has 0 saturated heterocycles. The van der Waals surface area contributed by atoms with Crippen molar-refractivity contribution in [3.8, 4) is 0 Å². The second-order valence-electron chi connectivity index (χ2n) is 4.72. The molecule has 2 N–H and O–H groups in total. The normalized spacial score (nSPS) is 17.8. The monoisotopic (exact) mass is 222 g/mol. The Labute approximate surface area is 97.2 Å². The standard InChI is InChI=1S/C12H22N4/c1-2-4-11(5-3-1)6-8-13-9-7-12-14-10-15-16-12/h10-11,13H,1-9H2,(H,14,15,16). The van der Waals surface area contributed by atoms with Gasteiger partial charge in [0.2, 0.25) is 0 Å². The molecule has 1 aromatic heterocycles. The molecule has 0 spiro atoms. The van der Waals surface area contributed by atoms with Crippen LogP contribution in [0.1, 0.15) is 44.3 Å². The van der Waals surface area contributed by atoms with Crippen LogP contribution < -0.4 is 5.32 Å². The van der Waals surface area contributed by atoms with E-state index in [1.165, 1.54) is 38.5 Å². The molecular formula is C12H22N4. The van der Waals surface area contributed by atoms with Crippen LogP contribution in [0.4, 0.5) is 0 Å². The maximum atomic E-state index is 4.10. The maximum absolute atomic E-state index is 4.10. The van der Waals surface area contributed by atoms with Crippen LogP contribution in [-0.4, -0.2) is 28.3 Å². The Morgan fingerprint density at radius 3 is 2.88 bits per heavy atom. The van der Waals surface area contributed by atoms with Gasteiger partial charge in [-0.1, -0.05) is 32.1 Å². The molecule has 0 amide bonds. The van der Waals surface area contributed by atoms with Crippen molar-refractivity contribution >= 4 is 0 Å². The summed E-state index contributed by atoms with van der Waals surface area (Å²) >= 11 is 0. The first kappa shape index (κ1) is 11.6. The quantitative estimate of drug-likeness (QED) is 0.723. The fraction of sp³-hybridized carbons (Fsp3) is 0.833. The van der Waals surface area contributed by atoms with Crippen LogP contribution in [0.3, 0.4) is 0 Å². The van der Waals surface area contributed by atoms with Crippen LogP contribution in [0.2, 0.25) is 0 Å². The molecule has 1 saturated carbocycles. The molecule has 0 unspecified atom stereocenters. The number of aromatic amines is 1. The van der Waals surface area contributed by atoms with Gasteiger partial charge in [0.05, 0.1) is 0 Å². The lowest BCUT2D eigenvalue weighted by Gasteiger charge is -2.21. The number of H-pyrrole nitrogens is 1. The zero-order valence-electron chi connectivity index (χ0n) is 9.91. The number of nitrogens with one attached hydrogen (secondary N) is 2. The number of aromatic nitrogens is 3. The molecule has 0 bridgehead atoms. The third-order valence-electron chi connectivity index (χ3n) is 3.46. The molecular weight excluding hydrogens is 200 g/mol. The van der Waals surface area contributed by atoms with Crippen LogP contribution in [0.5, 0.6) is 0 Å². The van der Waals surface area contributed by atoms with E-state index >= 15 is 0 Å². The Morgan fingerprint density at radius 1 is 1.25 bits per heavy atom. The number of nitrogens with zero attached hydrogens (tertiary/aromatic N) is 2. The summed E-state index contributed by atoms with van der Waals surface area (Å²) < 4.78 is 0. The second kappa shape index (κ2) is 6.63. The Morgan fingerprint density at radius 2 is 2.12 bits per heavy atom. The van der Waals surface area contributed by atoms with Gasteiger partial charge in [-0.15, -0.1) is 0 Å². The zero-order chi connectivity index (χ0) is 11.1. The first-order valence-corrected chi connectivity index (χ1v) is 6.50. The summed E-state index contributed by atoms with van der Waals surface area (Å²) in [6.45, 7) is 2.15. The molecule has 0 atom stereocenters. The van der Waals surface area contributed by atoms with E-state index < -0.39 is 0 Å². The van der Waals surface area contributed by atoms with Crippen molar-refractivity contribution in [3.05, 3.63) is 12.2 Å². The van der Waals surface area contributed by atoms with Gasteiger partial charge in [-0.05, 0) is 18.9 Å². The van der Waals surface area contributed by atoms with Crippen LogP contribution >= 0.6 is 0 Å². The van der Waals surface area contributed by atoms with E-state index in [0.29, 0.717) is 0 Å². The van der Waals surface area contributed by atoms with E-state index in [9.17, 15) is 0 Å². The van der Waals surface area contributed by atoms with E-state index in [1.807, 2.05) is 0 Å². The van der Waals surface area contributed by atoms with Gasteiger partial charge >= 0.3 is 0 Å². The first-order chi connectivity index (χ1) is 7.95. The molecule has 16 heavy (non-hydrogen) atoms. The van der Waals surface area contributed by atoms with Crippen molar-refractivity contribution in [2.75, 3.05) is 13.1 Å². The fourth-order valence-electron chi connectivity index (χ4n) is 2.47. The van der Waals surface area contributed by atoms with E-state index in [1.54, 1.807) is 6.33 Å². The zero-order valence-corrected chi connectivity index (χ0v) is 9.91. The minimum atomic E-state index is 0.949. The molecule has 2 rings (SSSR count). The third kappa shape index (κ3) is 3.93. The topological polar surface area (TPSA) is 53.6 Å². The fourth-order valence-corrected chi connectivity index (χ4v) is 2.47. The number of hydrogen-bond acceptors (Lipinski definition) is 3. The molecule has 1 aliphatic rings. The Bertz CT molecular complexity index is 265. The molecule has 0 aromatic carbocycles. The molecule has 90 valence electrons. The highest BCUT2D eigenvalue weighted by atomic mass is 15.2. The van der Waals surface area contributed by atoms with Gasteiger partial charge in [0.1, 0.15) is 12.2 Å². The highest BCUT2D eigenvalue weighted by Gasteiger charge is 2.12. The third-order valence-corrected chi connectivity index (χ3v) is 3.46. The van der Waals surface area contributed by atoms with E-state index in [0.717, 1.165) is 31.3 Å². The number of rotatable bonds is 6. The number of hydrogen-bond donors (Lipinski definition) is 2. The van der Waals surface area contributed by atoms with E-state index in [-0.39, 0.29) is 0 Å². The summed E-state index contributed by atoms with van der Waals surface area (Å²) in [5, 5.41) is 10.2. The van der Waals surface area contributed by atoms with Crippen molar-refractivity contribution in [3.63, 3.8) is 0 Å². The van der Waals surface area contributed by atoms with Gasteiger partial charge in [0.15, 0.2) is 0 Å². The van der Waals surface area contributed by atoms with Gasteiger partial charge < -0.3 is 5.32 Å². The van der Waals surface area contributed by atoms with E-state index in [2.05, 4.69) is 20.5 Å². The van der Waals surface area contributed by atoms with Gasteiger partial charge in [0, 0.05) is 13.0 Å². The minimum absolute atomic E-state index is 0.949. The molecule has 0 aliphatic heterocycles. The van der Waals surface area contributed by atoms with E-state index in [4.69, 9.17) is 0 Å². The largest absolute Gasteiger partial charge is 0.316 e. The average Bonchev–Trinajstić information content (AvgIpc) is 2.83. The summed E-state index contributed by atoms with van der Waals surface area (Å²) in [5.74, 6) is 1.96. The lowest BCUT2D eigenvalue weighted by Crippen LogP contribution is -2.22. The highest BCUT2D eigenvalue weighted by Crippen LogP contribution is 2.25. The second-order valence-corrected chi connectivity index (χ2v) is 4.72. The van der Waals surface area contributed by atoms with Crippen molar-refractivity contribution in [1.82, 2.24) is 20.5 Å². The summed E-state index contributed by atoms with van der Waals surface area (Å²) in [6, 6.07) is 0. The van der Waals surface area contributed by atoms with Gasteiger partial charge in [-0.2, -0.15) is 5.10 Å². The minimum Gasteiger partial charge on any atom is -0.316 e. The average molecular weight is 222 g/mol. The van der Waals surface area contributed by atoms with Gasteiger partial charge in [-0.25, -0.2) is 4.98 Å². The summed E-state index contributed by atoms with van der Waals surface area (Å²) in [4.78, 5) is 4.10. The van der Waals surface area contributed by atoms with Crippen LogP contribution in [0.15, 0.2) is 6.33 Å². The van der Waals surface area contributed by atoms with Crippen molar-refractivity contribution in [2.45, 2.75) is 44.9 Å². The molecule has 1 aromatic rings. The predicted molar refractivity (Wildman–Crippen MR) is 64.1 cm³/mol. The molecule has 0 radical (unpaired) electrons. The smallest absolute Gasteiger partial charge is 0.137 e. The SMILES string of the molecule is c1n[nH]c(CCNCCC2CCCCC2)n1. The maximum Gasteiger partial charge on any atom is 0.137 e. The Kier molecular flexibility index (Phi) is 4.80. The predicted octanol–water partition coefficient (Wildman–Crippen LogP) is 1.91. The molecule has 1 aliphatic carbocycles. The van der Waals surface area contributed by atoms with Gasteiger partial charge in [-0.3, -0.25) is 5.10 Å². The highest BCUT2D eigenvalue weighted by molar-refractivity contribution is 4.80. The molecule has 1 heterocycles. The van der Waals surface area contributed by atoms with Crippen molar-refractivity contribution < 1.29 is 0 Å². The van der Waals surface area contributed by atoms with Crippen molar-refractivity contribution in [1.29, 1.82) is 0 Å². The lowest BCUT2D eigenvalue weighted by atomic mass is 9.87. The molecule has 1 fully saturated rings. The summed E-state index contributed by atoms with van der Waals surface area (Å²) in [7, 11) is 0. The molecule has 4 heteroatoms. The van der Waals surface area contributed by atoms with Crippen LogP contribution in [-0.2, 0) is 6.42 Å². The van der Waals surface area contributed by atoms with Crippen molar-refractivity contribution in [2.24, 2.45) is 5.92 Å². The lowest BCUT2D eigenvalue weighted by molar-refractivity contribution is 0.334. The van der Waals surface area contributed by atoms with Gasteiger partial charge in [0.25, 0.3) is 0 Å². The van der Waals surface area contributed by atoms with Crippen LogP contribution in [0.25, 0.3) is 0 Å². The van der Waals surface area contributed by atoms with Crippen LogP contribution in [0, 0.1) is 5.92 Å². The summed E-state index contributed by atoms with van der Waals surface area (Å²) in [6.07, 6.45) is 11.1.